The third-order valence-electron chi connectivity index (χ3n) is 13.8. The number of halogens is 4. The van der Waals surface area contributed by atoms with E-state index >= 15 is 0 Å². The molecule has 23 heteroatoms. The second-order valence-corrected chi connectivity index (χ2v) is 19.1. The molecule has 2 fully saturated rings. The fourth-order valence-corrected chi connectivity index (χ4v) is 9.69. The lowest BCUT2D eigenvalue weighted by Crippen LogP contribution is -2.54. The van der Waals surface area contributed by atoms with Gasteiger partial charge < -0.3 is 34.5 Å². The summed E-state index contributed by atoms with van der Waals surface area (Å²) in [6, 6.07) is 17.9. The van der Waals surface area contributed by atoms with E-state index < -0.39 is 84.3 Å². The van der Waals surface area contributed by atoms with Crippen LogP contribution in [0, 0.1) is 5.82 Å². The number of benzene rings is 4. The van der Waals surface area contributed by atoms with E-state index in [2.05, 4.69) is 16.0 Å². The third-order valence-corrected chi connectivity index (χ3v) is 13.8. The first-order valence-corrected chi connectivity index (χ1v) is 25.4. The summed E-state index contributed by atoms with van der Waals surface area (Å²) in [5.74, 6) is -5.46. The van der Waals surface area contributed by atoms with Crippen molar-refractivity contribution in [1.82, 2.24) is 20.0 Å². The summed E-state index contributed by atoms with van der Waals surface area (Å²) in [6.07, 6.45) is -4.04. The number of carbonyl (C=O) groups excluding carboxylic acids is 9. The van der Waals surface area contributed by atoms with Crippen LogP contribution in [-0.2, 0) is 79.1 Å². The van der Waals surface area contributed by atoms with Crippen molar-refractivity contribution in [2.75, 3.05) is 56.8 Å². The van der Waals surface area contributed by atoms with E-state index in [1.165, 1.54) is 24.3 Å². The Morgan fingerprint density at radius 2 is 1.44 bits per heavy atom. The van der Waals surface area contributed by atoms with Crippen LogP contribution in [0.2, 0.25) is 0 Å². The summed E-state index contributed by atoms with van der Waals surface area (Å²) >= 11 is 0. The molecule has 4 aliphatic rings. The van der Waals surface area contributed by atoms with Crippen molar-refractivity contribution < 1.29 is 79.7 Å². The standard InChI is InChI=1S/C55H56F4N6O13/c1-33(55(57,58)59)63(31-35-7-12-38(56)13-8-35)47(69)32-64-52(73)54(78-53(64)74)23-21-37-30-40(16-17-42(37)54)61-44(66)19-11-34-9-14-39(15-10-34)60-46(68)22-25-76-27-29-77-28-26-75-24-3-5-36-4-2-6-41-48(36)51(72)65(50(41)71)43-18-20-45(67)62-49(43)70/h2,4,6-10,12-17,30,33,43H,3,5,11,18-29,31-32H2,1H3,(H,60,68)(H,61,66)(H,62,67,70)/t33-,43?,54+/m0/s1. The fraction of sp³-hybridized carbons (Fsp3) is 0.400. The van der Waals surface area contributed by atoms with Crippen LogP contribution in [0.5, 0.6) is 0 Å². The molecule has 2 saturated heterocycles. The molecular weight excluding hydrogens is 1030 g/mol. The predicted molar refractivity (Wildman–Crippen MR) is 268 cm³/mol. The first-order valence-electron chi connectivity index (χ1n) is 25.4. The van der Waals surface area contributed by atoms with Crippen molar-refractivity contribution in [1.29, 1.82) is 0 Å². The van der Waals surface area contributed by atoms with Crippen LogP contribution in [0.25, 0.3) is 0 Å². The molecule has 412 valence electrons. The predicted octanol–water partition coefficient (Wildman–Crippen LogP) is 5.91. The van der Waals surface area contributed by atoms with Crippen LogP contribution in [0.3, 0.4) is 0 Å². The van der Waals surface area contributed by atoms with Crippen LogP contribution in [0.4, 0.5) is 33.7 Å². The molecule has 19 nitrogen and oxygen atoms in total. The number of hydrogen-bond acceptors (Lipinski definition) is 13. The zero-order valence-corrected chi connectivity index (χ0v) is 42.4. The first kappa shape index (κ1) is 56.3. The van der Waals surface area contributed by atoms with Gasteiger partial charge in [-0.2, -0.15) is 13.2 Å². The van der Waals surface area contributed by atoms with Gasteiger partial charge in [0.25, 0.3) is 17.7 Å². The number of aryl methyl sites for hydroxylation is 3. The number of amides is 9. The molecule has 3 N–H and O–H groups in total. The normalized spacial score (nSPS) is 18.2. The van der Waals surface area contributed by atoms with E-state index in [9.17, 15) is 60.7 Å². The van der Waals surface area contributed by atoms with Gasteiger partial charge in [-0.1, -0.05) is 42.5 Å². The van der Waals surface area contributed by atoms with Gasteiger partial charge in [0.2, 0.25) is 35.1 Å². The Morgan fingerprint density at radius 1 is 0.782 bits per heavy atom. The Morgan fingerprint density at radius 3 is 2.14 bits per heavy atom. The molecule has 4 aromatic carbocycles. The van der Waals surface area contributed by atoms with Gasteiger partial charge in [0.1, 0.15) is 24.4 Å². The van der Waals surface area contributed by atoms with Gasteiger partial charge in [0, 0.05) is 49.4 Å². The molecule has 3 heterocycles. The number of ether oxygens (including phenoxy) is 4. The molecule has 0 bridgehead atoms. The first-order chi connectivity index (χ1) is 37.3. The van der Waals surface area contributed by atoms with Crippen molar-refractivity contribution in [2.45, 2.75) is 95.1 Å². The molecule has 3 aliphatic heterocycles. The van der Waals surface area contributed by atoms with Gasteiger partial charge in [-0.05, 0) is 104 Å². The average Bonchev–Trinajstić information content (AvgIpc) is 4.13. The Hall–Kier alpha value is -7.89. The molecule has 1 unspecified atom stereocenters. The summed E-state index contributed by atoms with van der Waals surface area (Å²) in [5.41, 5.74) is 2.30. The Kier molecular flexibility index (Phi) is 17.8. The van der Waals surface area contributed by atoms with Gasteiger partial charge in [0.05, 0.1) is 50.6 Å². The number of nitrogens with zero attached hydrogens (tertiary/aromatic N) is 3. The van der Waals surface area contributed by atoms with E-state index in [4.69, 9.17) is 18.9 Å². The van der Waals surface area contributed by atoms with Crippen LogP contribution in [0.15, 0.2) is 84.9 Å². The quantitative estimate of drug-likeness (QED) is 0.0421. The molecule has 4 aromatic rings. The summed E-state index contributed by atoms with van der Waals surface area (Å²) in [6.45, 7) is 0.894. The van der Waals surface area contributed by atoms with Crippen molar-refractivity contribution in [3.8, 4) is 0 Å². The fourth-order valence-electron chi connectivity index (χ4n) is 9.69. The van der Waals surface area contributed by atoms with Crippen LogP contribution >= 0.6 is 0 Å². The number of alkyl halides is 3. The number of nitrogens with one attached hydrogen (secondary N) is 3. The van der Waals surface area contributed by atoms with Gasteiger partial charge in [-0.25, -0.2) is 14.1 Å². The number of imide groups is 3. The number of hydrogen-bond donors (Lipinski definition) is 3. The van der Waals surface area contributed by atoms with Crippen LogP contribution in [-0.4, -0.2) is 132 Å². The molecule has 9 amide bonds. The second kappa shape index (κ2) is 24.6. The summed E-state index contributed by atoms with van der Waals surface area (Å²) in [5, 5.41) is 7.82. The summed E-state index contributed by atoms with van der Waals surface area (Å²) in [4.78, 5) is 118. The van der Waals surface area contributed by atoms with Crippen molar-refractivity contribution in [2.24, 2.45) is 0 Å². The van der Waals surface area contributed by atoms with Crippen molar-refractivity contribution in [3.63, 3.8) is 0 Å². The third kappa shape index (κ3) is 13.1. The minimum absolute atomic E-state index is 0.00692. The molecule has 78 heavy (non-hydrogen) atoms. The second-order valence-electron chi connectivity index (χ2n) is 19.1. The highest BCUT2D eigenvalue weighted by Gasteiger charge is 2.59. The van der Waals surface area contributed by atoms with Gasteiger partial charge in [-0.15, -0.1) is 0 Å². The van der Waals surface area contributed by atoms with Gasteiger partial charge in [0.15, 0.2) is 0 Å². The molecule has 1 spiro atoms. The Balaban J connectivity index is 0.686. The highest BCUT2D eigenvalue weighted by atomic mass is 19.4. The Labute approximate surface area is 444 Å². The molecule has 0 radical (unpaired) electrons. The minimum atomic E-state index is -4.85. The Bertz CT molecular complexity index is 2970. The number of piperidine rings is 1. The maximum atomic E-state index is 13.9. The minimum Gasteiger partial charge on any atom is -0.427 e. The molecule has 0 saturated carbocycles. The van der Waals surface area contributed by atoms with E-state index in [1.54, 1.807) is 48.5 Å². The summed E-state index contributed by atoms with van der Waals surface area (Å²) in [7, 11) is 0. The number of rotatable bonds is 24. The van der Waals surface area contributed by atoms with E-state index in [0.29, 0.717) is 76.9 Å². The topological polar surface area (TPSA) is 236 Å². The maximum absolute atomic E-state index is 13.9. The van der Waals surface area contributed by atoms with E-state index in [1.807, 2.05) is 0 Å². The lowest BCUT2D eigenvalue weighted by Gasteiger charge is -2.31. The number of carbonyl (C=O) groups is 9. The van der Waals surface area contributed by atoms with Crippen LogP contribution in [0.1, 0.15) is 94.0 Å². The highest BCUT2D eigenvalue weighted by molar-refractivity contribution is 6.24. The maximum Gasteiger partial charge on any atom is 0.418 e. The number of anilines is 2. The largest absolute Gasteiger partial charge is 0.427 e. The summed E-state index contributed by atoms with van der Waals surface area (Å²) < 4.78 is 77.4. The molecule has 3 atom stereocenters. The molecule has 0 aromatic heterocycles. The van der Waals surface area contributed by atoms with Gasteiger partial charge in [-0.3, -0.25) is 48.6 Å². The van der Waals surface area contributed by atoms with Gasteiger partial charge >= 0.3 is 12.3 Å². The average molecular weight is 1090 g/mol. The molecule has 8 rings (SSSR count). The lowest BCUT2D eigenvalue weighted by atomic mass is 9.94. The molecule has 1 aliphatic carbocycles. The van der Waals surface area contributed by atoms with E-state index in [-0.39, 0.29) is 86.9 Å². The smallest absolute Gasteiger partial charge is 0.418 e. The number of fused-ring (bicyclic) bond motifs is 3. The lowest BCUT2D eigenvalue weighted by molar-refractivity contribution is -0.187. The van der Waals surface area contributed by atoms with Crippen LogP contribution < -0.4 is 16.0 Å². The highest BCUT2D eigenvalue weighted by Crippen LogP contribution is 2.46. The molecular formula is C55H56F4N6O13. The zero-order chi connectivity index (χ0) is 55.7. The monoisotopic (exact) mass is 1080 g/mol. The zero-order valence-electron chi connectivity index (χ0n) is 42.4. The van der Waals surface area contributed by atoms with Crippen molar-refractivity contribution >= 4 is 64.7 Å². The SMILES string of the molecule is C[C@H](N(Cc1ccc(F)cc1)C(=O)CN1C(=O)O[C@@]2(CCc3cc(NC(=O)CCc4ccc(NC(=O)CCOCCOCCOCCCc5cccc6c5C(=O)N(C5CCC(=O)NC5=O)C6=O)cc4)ccc32)C1=O)C(F)(F)F. The van der Waals surface area contributed by atoms with Crippen molar-refractivity contribution in [3.05, 3.63) is 130 Å². The van der Waals surface area contributed by atoms with E-state index in [0.717, 1.165) is 29.5 Å².